The third-order valence-electron chi connectivity index (χ3n) is 4.84. The summed E-state index contributed by atoms with van der Waals surface area (Å²) >= 11 is 0. The number of fused-ring (bicyclic) bond motifs is 2. The van der Waals surface area contributed by atoms with Gasteiger partial charge < -0.3 is 14.9 Å². The number of anilines is 1. The Bertz CT molecular complexity index is 1270. The van der Waals surface area contributed by atoms with Gasteiger partial charge in [-0.2, -0.15) is 0 Å². The number of aromatic nitrogens is 8. The van der Waals surface area contributed by atoms with Crippen molar-refractivity contribution in [1.29, 1.82) is 0 Å². The summed E-state index contributed by atoms with van der Waals surface area (Å²) in [6, 6.07) is 8.20. The molecular formula is C21H21N9. The molecule has 0 aliphatic carbocycles. The van der Waals surface area contributed by atoms with E-state index in [0.717, 1.165) is 33.7 Å². The van der Waals surface area contributed by atoms with Crippen molar-refractivity contribution >= 4 is 28.0 Å². The number of nitrogens with zero attached hydrogens (tertiary/aromatic N) is 7. The molecule has 0 saturated carbocycles. The Balaban J connectivity index is 1.50. The summed E-state index contributed by atoms with van der Waals surface area (Å²) in [5.74, 6) is 2.18. The number of benzene rings is 1. The third-order valence-corrected chi connectivity index (χ3v) is 4.84. The molecule has 9 nitrogen and oxygen atoms in total. The number of H-pyrrole nitrogens is 1. The average Bonchev–Trinajstić information content (AvgIpc) is 3.36. The Morgan fingerprint density at radius 1 is 1.07 bits per heavy atom. The number of para-hydroxylation sites is 2. The molecule has 0 radical (unpaired) electrons. The molecule has 5 aromatic rings. The highest BCUT2D eigenvalue weighted by Gasteiger charge is 2.16. The van der Waals surface area contributed by atoms with E-state index in [2.05, 4.69) is 44.1 Å². The van der Waals surface area contributed by atoms with Gasteiger partial charge in [0.2, 0.25) is 0 Å². The summed E-state index contributed by atoms with van der Waals surface area (Å²) in [7, 11) is 0. The fourth-order valence-electron chi connectivity index (χ4n) is 3.38. The molecule has 150 valence electrons. The summed E-state index contributed by atoms with van der Waals surface area (Å²) in [6.07, 6.45) is 7.36. The molecule has 4 aromatic heterocycles. The summed E-state index contributed by atoms with van der Waals surface area (Å²) in [5, 5.41) is 3.39. The van der Waals surface area contributed by atoms with Gasteiger partial charge in [0, 0.05) is 24.6 Å². The quantitative estimate of drug-likeness (QED) is 0.451. The van der Waals surface area contributed by atoms with E-state index in [1.807, 2.05) is 35.2 Å². The SMILES string of the molecule is CC(C)n1cnc2c(NCc3nc4ccccc4[nH]3)nc(Cc3cnccn3)nc21. The molecule has 0 saturated heterocycles. The Labute approximate surface area is 172 Å². The Morgan fingerprint density at radius 3 is 2.77 bits per heavy atom. The predicted octanol–water partition coefficient (Wildman–Crippen LogP) is 3.28. The van der Waals surface area contributed by atoms with E-state index in [4.69, 9.17) is 9.97 Å². The molecule has 9 heteroatoms. The highest BCUT2D eigenvalue weighted by molar-refractivity contribution is 5.83. The van der Waals surface area contributed by atoms with Crippen LogP contribution in [0.3, 0.4) is 0 Å². The average molecular weight is 399 g/mol. The summed E-state index contributed by atoms with van der Waals surface area (Å²) in [5.41, 5.74) is 4.30. The zero-order chi connectivity index (χ0) is 20.5. The van der Waals surface area contributed by atoms with Crippen molar-refractivity contribution in [3.8, 4) is 0 Å². The van der Waals surface area contributed by atoms with Gasteiger partial charge in [-0.15, -0.1) is 0 Å². The van der Waals surface area contributed by atoms with Gasteiger partial charge in [0.05, 0.1) is 36.0 Å². The highest BCUT2D eigenvalue weighted by atomic mass is 15.2. The van der Waals surface area contributed by atoms with Crippen LogP contribution in [0.15, 0.2) is 49.2 Å². The first-order valence-electron chi connectivity index (χ1n) is 9.83. The number of hydrogen-bond donors (Lipinski definition) is 2. The van der Waals surface area contributed by atoms with Gasteiger partial charge in [0.25, 0.3) is 0 Å². The first-order valence-corrected chi connectivity index (χ1v) is 9.83. The van der Waals surface area contributed by atoms with Crippen molar-refractivity contribution in [3.63, 3.8) is 0 Å². The fourth-order valence-corrected chi connectivity index (χ4v) is 3.38. The molecule has 0 amide bonds. The Hall–Kier alpha value is -3.88. The van der Waals surface area contributed by atoms with E-state index in [-0.39, 0.29) is 6.04 Å². The van der Waals surface area contributed by atoms with Gasteiger partial charge in [0.15, 0.2) is 11.5 Å². The third kappa shape index (κ3) is 3.45. The van der Waals surface area contributed by atoms with Crippen LogP contribution in [0.2, 0.25) is 0 Å². The number of imidazole rings is 2. The maximum absolute atomic E-state index is 4.76. The number of nitrogens with one attached hydrogen (secondary N) is 2. The van der Waals surface area contributed by atoms with Crippen molar-refractivity contribution in [2.24, 2.45) is 0 Å². The molecule has 0 unspecified atom stereocenters. The van der Waals surface area contributed by atoms with Crippen molar-refractivity contribution < 1.29 is 0 Å². The van der Waals surface area contributed by atoms with Crippen molar-refractivity contribution in [2.75, 3.05) is 5.32 Å². The van der Waals surface area contributed by atoms with E-state index in [0.29, 0.717) is 24.6 Å². The number of aromatic amines is 1. The maximum Gasteiger partial charge on any atom is 0.166 e. The van der Waals surface area contributed by atoms with Gasteiger partial charge in [-0.25, -0.2) is 19.9 Å². The van der Waals surface area contributed by atoms with Gasteiger partial charge in [-0.05, 0) is 26.0 Å². The van der Waals surface area contributed by atoms with Crippen LogP contribution in [0.1, 0.15) is 37.2 Å². The van der Waals surface area contributed by atoms with Crippen molar-refractivity contribution in [1.82, 2.24) is 39.5 Å². The van der Waals surface area contributed by atoms with Crippen LogP contribution in [-0.4, -0.2) is 39.5 Å². The van der Waals surface area contributed by atoms with E-state index in [9.17, 15) is 0 Å². The van der Waals surface area contributed by atoms with Crippen LogP contribution < -0.4 is 5.32 Å². The fraction of sp³-hybridized carbons (Fsp3) is 0.238. The molecule has 30 heavy (non-hydrogen) atoms. The van der Waals surface area contributed by atoms with Gasteiger partial charge >= 0.3 is 0 Å². The zero-order valence-corrected chi connectivity index (χ0v) is 16.7. The van der Waals surface area contributed by atoms with Crippen LogP contribution in [0.4, 0.5) is 5.82 Å². The molecule has 0 aliphatic heterocycles. The second-order valence-corrected chi connectivity index (χ2v) is 7.33. The second kappa shape index (κ2) is 7.51. The lowest BCUT2D eigenvalue weighted by atomic mass is 10.3. The standard InChI is InChI=1S/C21H21N9/c1-13(2)30-12-25-19-20(24-11-18-26-15-5-3-4-6-16(15)27-18)28-17(29-21(19)30)9-14-10-22-7-8-23-14/h3-8,10,12-13H,9,11H2,1-2H3,(H,26,27)(H,24,28,29). The molecule has 0 atom stereocenters. The Kier molecular flexibility index (Phi) is 4.55. The highest BCUT2D eigenvalue weighted by Crippen LogP contribution is 2.23. The summed E-state index contributed by atoms with van der Waals surface area (Å²) < 4.78 is 2.05. The monoisotopic (exact) mass is 399 g/mol. The summed E-state index contributed by atoms with van der Waals surface area (Å²) in [4.78, 5) is 30.5. The molecule has 0 aliphatic rings. The normalized spacial score (nSPS) is 11.6. The minimum Gasteiger partial charge on any atom is -0.361 e. The van der Waals surface area contributed by atoms with Crippen molar-refractivity contribution in [2.45, 2.75) is 32.9 Å². The molecule has 1 aromatic carbocycles. The molecule has 0 bridgehead atoms. The lowest BCUT2D eigenvalue weighted by Gasteiger charge is -2.10. The first-order chi connectivity index (χ1) is 14.7. The molecule has 4 heterocycles. The lowest BCUT2D eigenvalue weighted by molar-refractivity contribution is 0.611. The number of rotatable bonds is 6. The van der Waals surface area contributed by atoms with Crippen LogP contribution in [0.5, 0.6) is 0 Å². The Morgan fingerprint density at radius 2 is 1.97 bits per heavy atom. The van der Waals surface area contributed by atoms with Gasteiger partial charge in [-0.1, -0.05) is 12.1 Å². The molecule has 5 rings (SSSR count). The molecule has 0 spiro atoms. The second-order valence-electron chi connectivity index (χ2n) is 7.33. The molecule has 0 fully saturated rings. The minimum atomic E-state index is 0.234. The minimum absolute atomic E-state index is 0.234. The van der Waals surface area contributed by atoms with Crippen LogP contribution in [0.25, 0.3) is 22.2 Å². The van der Waals surface area contributed by atoms with Crippen LogP contribution >= 0.6 is 0 Å². The smallest absolute Gasteiger partial charge is 0.166 e. The zero-order valence-electron chi connectivity index (χ0n) is 16.7. The topological polar surface area (TPSA) is 110 Å². The van der Waals surface area contributed by atoms with E-state index < -0.39 is 0 Å². The van der Waals surface area contributed by atoms with Crippen LogP contribution in [-0.2, 0) is 13.0 Å². The maximum atomic E-state index is 4.76. The van der Waals surface area contributed by atoms with Crippen LogP contribution in [0, 0.1) is 0 Å². The lowest BCUT2D eigenvalue weighted by Crippen LogP contribution is -2.09. The number of hydrogen-bond acceptors (Lipinski definition) is 7. The van der Waals surface area contributed by atoms with E-state index >= 15 is 0 Å². The van der Waals surface area contributed by atoms with E-state index in [1.165, 1.54) is 0 Å². The molecular weight excluding hydrogens is 378 g/mol. The van der Waals surface area contributed by atoms with Gasteiger partial charge in [-0.3, -0.25) is 9.97 Å². The van der Waals surface area contributed by atoms with Gasteiger partial charge in [0.1, 0.15) is 17.2 Å². The largest absolute Gasteiger partial charge is 0.361 e. The summed E-state index contributed by atoms with van der Waals surface area (Å²) in [6.45, 7) is 4.71. The van der Waals surface area contributed by atoms with Crippen molar-refractivity contribution in [3.05, 3.63) is 66.5 Å². The molecule has 2 N–H and O–H groups in total. The predicted molar refractivity (Wildman–Crippen MR) is 114 cm³/mol. The van der Waals surface area contributed by atoms with E-state index in [1.54, 1.807) is 18.6 Å². The first kappa shape index (κ1) is 18.2.